The maximum atomic E-state index is 4.06. The maximum Gasteiger partial charge on any atom is 0.0230 e. The predicted molar refractivity (Wildman–Crippen MR) is 54.2 cm³/mol. The molecule has 0 bridgehead atoms. The molecule has 0 atom stereocenters. The standard InChI is InChI=1S/C11H19N/c1-9(2)11(4)10(3)8-12-6-5-7-12/h9H,3-8H2,1-2H3. The van der Waals surface area contributed by atoms with Gasteiger partial charge < -0.3 is 0 Å². The highest BCUT2D eigenvalue weighted by Crippen LogP contribution is 2.18. The first kappa shape index (κ1) is 9.53. The molecule has 12 heavy (non-hydrogen) atoms. The lowest BCUT2D eigenvalue weighted by Crippen LogP contribution is -2.38. The van der Waals surface area contributed by atoms with Gasteiger partial charge in [0.1, 0.15) is 0 Å². The maximum absolute atomic E-state index is 4.06. The molecule has 0 N–H and O–H groups in total. The van der Waals surface area contributed by atoms with E-state index in [0.29, 0.717) is 5.92 Å². The molecule has 1 fully saturated rings. The lowest BCUT2D eigenvalue weighted by atomic mass is 9.97. The Morgan fingerprint density at radius 3 is 2.25 bits per heavy atom. The molecule has 0 saturated carbocycles. The summed E-state index contributed by atoms with van der Waals surface area (Å²) >= 11 is 0. The van der Waals surface area contributed by atoms with Crippen molar-refractivity contribution >= 4 is 0 Å². The zero-order chi connectivity index (χ0) is 9.14. The normalized spacial score (nSPS) is 17.6. The Morgan fingerprint density at radius 1 is 1.33 bits per heavy atom. The molecule has 1 saturated heterocycles. The van der Waals surface area contributed by atoms with Crippen LogP contribution in [0.5, 0.6) is 0 Å². The number of hydrogen-bond acceptors (Lipinski definition) is 1. The fraction of sp³-hybridized carbons (Fsp3) is 0.636. The van der Waals surface area contributed by atoms with Gasteiger partial charge in [-0.3, -0.25) is 4.90 Å². The summed E-state index contributed by atoms with van der Waals surface area (Å²) in [7, 11) is 0. The van der Waals surface area contributed by atoms with Crippen molar-refractivity contribution in [3.8, 4) is 0 Å². The average Bonchev–Trinajstić information content (AvgIpc) is 1.94. The van der Waals surface area contributed by atoms with Crippen LogP contribution in [0.25, 0.3) is 0 Å². The van der Waals surface area contributed by atoms with Gasteiger partial charge in [0, 0.05) is 6.54 Å². The SMILES string of the molecule is C=C(CN1CCC1)C(=C)C(C)C. The quantitative estimate of drug-likeness (QED) is 0.578. The summed E-state index contributed by atoms with van der Waals surface area (Å²) in [5.74, 6) is 0.541. The Hall–Kier alpha value is -0.560. The third-order valence-electron chi connectivity index (χ3n) is 2.51. The van der Waals surface area contributed by atoms with Gasteiger partial charge in [-0.25, -0.2) is 0 Å². The molecule has 1 nitrogen and oxygen atoms in total. The molecular formula is C11H19N. The first-order valence-corrected chi connectivity index (χ1v) is 4.70. The molecule has 0 aromatic heterocycles. The van der Waals surface area contributed by atoms with Gasteiger partial charge in [0.15, 0.2) is 0 Å². The summed E-state index contributed by atoms with van der Waals surface area (Å²) in [6, 6.07) is 0. The average molecular weight is 165 g/mol. The van der Waals surface area contributed by atoms with Gasteiger partial charge in [-0.1, -0.05) is 27.0 Å². The summed E-state index contributed by atoms with van der Waals surface area (Å²) < 4.78 is 0. The Morgan fingerprint density at radius 2 is 1.92 bits per heavy atom. The predicted octanol–water partition coefficient (Wildman–Crippen LogP) is 2.46. The van der Waals surface area contributed by atoms with E-state index in [4.69, 9.17) is 0 Å². The van der Waals surface area contributed by atoms with Gasteiger partial charge in [0.2, 0.25) is 0 Å². The lowest BCUT2D eigenvalue weighted by molar-refractivity contribution is 0.199. The molecular weight excluding hydrogens is 146 g/mol. The minimum atomic E-state index is 0.541. The van der Waals surface area contributed by atoms with Crippen molar-refractivity contribution in [1.82, 2.24) is 4.90 Å². The second kappa shape index (κ2) is 3.90. The minimum Gasteiger partial charge on any atom is -0.299 e. The number of rotatable bonds is 4. The summed E-state index contributed by atoms with van der Waals surface area (Å²) in [4.78, 5) is 2.41. The molecule has 1 rings (SSSR count). The van der Waals surface area contributed by atoms with E-state index in [0.717, 1.165) is 6.54 Å². The molecule has 0 unspecified atom stereocenters. The van der Waals surface area contributed by atoms with Crippen LogP contribution in [0.4, 0.5) is 0 Å². The second-order valence-corrected chi connectivity index (χ2v) is 3.91. The highest BCUT2D eigenvalue weighted by atomic mass is 15.2. The number of likely N-dealkylation sites (tertiary alicyclic amines) is 1. The molecule has 1 heterocycles. The first-order chi connectivity index (χ1) is 5.61. The lowest BCUT2D eigenvalue weighted by Gasteiger charge is -2.32. The van der Waals surface area contributed by atoms with E-state index in [1.807, 2.05) is 0 Å². The Balaban J connectivity index is 2.31. The van der Waals surface area contributed by atoms with Gasteiger partial charge in [0.05, 0.1) is 0 Å². The van der Waals surface area contributed by atoms with Gasteiger partial charge >= 0.3 is 0 Å². The van der Waals surface area contributed by atoms with Crippen LogP contribution in [0.15, 0.2) is 24.3 Å². The van der Waals surface area contributed by atoms with Crippen molar-refractivity contribution in [3.05, 3.63) is 24.3 Å². The smallest absolute Gasteiger partial charge is 0.0230 e. The van der Waals surface area contributed by atoms with Crippen LogP contribution < -0.4 is 0 Å². The Labute approximate surface area is 75.8 Å². The van der Waals surface area contributed by atoms with E-state index >= 15 is 0 Å². The molecule has 0 radical (unpaired) electrons. The number of hydrogen-bond donors (Lipinski definition) is 0. The molecule has 1 aliphatic heterocycles. The third kappa shape index (κ3) is 2.21. The van der Waals surface area contributed by atoms with Crippen molar-refractivity contribution in [1.29, 1.82) is 0 Å². The number of nitrogens with zero attached hydrogens (tertiary/aromatic N) is 1. The fourth-order valence-electron chi connectivity index (χ4n) is 1.32. The van der Waals surface area contributed by atoms with E-state index in [-0.39, 0.29) is 0 Å². The molecule has 0 aliphatic carbocycles. The van der Waals surface area contributed by atoms with Crippen LogP contribution in [0.1, 0.15) is 20.3 Å². The van der Waals surface area contributed by atoms with Crippen LogP contribution in [0.2, 0.25) is 0 Å². The summed E-state index contributed by atoms with van der Waals surface area (Å²) in [5.41, 5.74) is 2.42. The van der Waals surface area contributed by atoms with Crippen LogP contribution in [0.3, 0.4) is 0 Å². The third-order valence-corrected chi connectivity index (χ3v) is 2.51. The molecule has 1 aliphatic rings. The van der Waals surface area contributed by atoms with Gasteiger partial charge in [-0.15, -0.1) is 0 Å². The fourth-order valence-corrected chi connectivity index (χ4v) is 1.32. The summed E-state index contributed by atoms with van der Waals surface area (Å²) in [6.45, 7) is 15.9. The molecule has 0 aromatic rings. The molecule has 1 heteroatoms. The summed E-state index contributed by atoms with van der Waals surface area (Å²) in [5, 5.41) is 0. The van der Waals surface area contributed by atoms with Gasteiger partial charge in [0.25, 0.3) is 0 Å². The first-order valence-electron chi connectivity index (χ1n) is 4.70. The van der Waals surface area contributed by atoms with E-state index < -0.39 is 0 Å². The zero-order valence-electron chi connectivity index (χ0n) is 8.27. The zero-order valence-corrected chi connectivity index (χ0v) is 8.27. The van der Waals surface area contributed by atoms with E-state index in [1.165, 1.54) is 30.7 Å². The minimum absolute atomic E-state index is 0.541. The van der Waals surface area contributed by atoms with E-state index in [9.17, 15) is 0 Å². The van der Waals surface area contributed by atoms with E-state index in [2.05, 4.69) is 31.9 Å². The molecule has 0 aromatic carbocycles. The van der Waals surface area contributed by atoms with Crippen LogP contribution in [-0.4, -0.2) is 24.5 Å². The van der Waals surface area contributed by atoms with Gasteiger partial charge in [-0.2, -0.15) is 0 Å². The van der Waals surface area contributed by atoms with Crippen LogP contribution in [-0.2, 0) is 0 Å². The van der Waals surface area contributed by atoms with E-state index in [1.54, 1.807) is 0 Å². The monoisotopic (exact) mass is 165 g/mol. The van der Waals surface area contributed by atoms with Crippen molar-refractivity contribution in [2.75, 3.05) is 19.6 Å². The topological polar surface area (TPSA) is 3.24 Å². The highest BCUT2D eigenvalue weighted by Gasteiger charge is 2.15. The van der Waals surface area contributed by atoms with Crippen molar-refractivity contribution in [3.63, 3.8) is 0 Å². The van der Waals surface area contributed by atoms with Crippen molar-refractivity contribution in [2.45, 2.75) is 20.3 Å². The Bertz CT molecular complexity index is 187. The Kier molecular flexibility index (Phi) is 3.10. The molecule has 0 amide bonds. The molecule has 0 spiro atoms. The van der Waals surface area contributed by atoms with Crippen molar-refractivity contribution in [2.24, 2.45) is 5.92 Å². The van der Waals surface area contributed by atoms with Crippen LogP contribution >= 0.6 is 0 Å². The largest absolute Gasteiger partial charge is 0.299 e. The summed E-state index contributed by atoms with van der Waals surface area (Å²) in [6.07, 6.45) is 1.35. The second-order valence-electron chi connectivity index (χ2n) is 3.91. The highest BCUT2D eigenvalue weighted by molar-refractivity contribution is 5.28. The molecule has 68 valence electrons. The van der Waals surface area contributed by atoms with Crippen molar-refractivity contribution < 1.29 is 0 Å². The van der Waals surface area contributed by atoms with Gasteiger partial charge in [-0.05, 0) is 36.6 Å². The van der Waals surface area contributed by atoms with Crippen LogP contribution in [0, 0.1) is 5.92 Å².